The summed E-state index contributed by atoms with van der Waals surface area (Å²) in [6.45, 7) is 7.14. The Morgan fingerprint density at radius 1 is 1.45 bits per heavy atom. The lowest BCUT2D eigenvalue weighted by molar-refractivity contribution is -0.122. The molecule has 0 spiro atoms. The Morgan fingerprint density at radius 2 is 2.20 bits per heavy atom. The van der Waals surface area contributed by atoms with Crippen LogP contribution in [0.1, 0.15) is 23.9 Å². The molecule has 0 saturated heterocycles. The van der Waals surface area contributed by atoms with Gasteiger partial charge in [-0.15, -0.1) is 0 Å². The van der Waals surface area contributed by atoms with Crippen molar-refractivity contribution in [3.05, 3.63) is 34.4 Å². The van der Waals surface area contributed by atoms with E-state index in [-0.39, 0.29) is 12.5 Å². The lowest BCUT2D eigenvalue weighted by Gasteiger charge is -2.05. The number of halogens is 1. The van der Waals surface area contributed by atoms with Gasteiger partial charge in [0.2, 0.25) is 5.91 Å². The minimum atomic E-state index is -0.100. The van der Waals surface area contributed by atoms with Crippen molar-refractivity contribution >= 4 is 17.5 Å². The Hall–Kier alpha value is -1.82. The van der Waals surface area contributed by atoms with Gasteiger partial charge in [-0.25, -0.2) is 0 Å². The van der Waals surface area contributed by atoms with Crippen molar-refractivity contribution < 1.29 is 4.79 Å². The molecule has 0 radical (unpaired) electrons. The number of nitrogens with zero attached hydrogens (tertiary/aromatic N) is 4. The Labute approximate surface area is 122 Å². The average Bonchev–Trinajstić information content (AvgIpc) is 2.98. The molecule has 20 heavy (non-hydrogen) atoms. The van der Waals surface area contributed by atoms with Crippen LogP contribution in [-0.2, 0) is 24.4 Å². The molecule has 0 aliphatic heterocycles. The van der Waals surface area contributed by atoms with Crippen LogP contribution in [-0.4, -0.2) is 25.5 Å². The molecule has 2 rings (SSSR count). The molecule has 0 aliphatic carbocycles. The second kappa shape index (κ2) is 6.09. The summed E-state index contributed by atoms with van der Waals surface area (Å²) in [4.78, 5) is 11.9. The molecule has 1 amide bonds. The summed E-state index contributed by atoms with van der Waals surface area (Å²) in [5, 5.41) is 11.8. The zero-order valence-electron chi connectivity index (χ0n) is 11.9. The van der Waals surface area contributed by atoms with E-state index in [1.165, 1.54) is 0 Å². The number of hydrogen-bond acceptors (Lipinski definition) is 3. The predicted molar refractivity (Wildman–Crippen MR) is 76.5 cm³/mol. The topological polar surface area (TPSA) is 64.7 Å². The Balaban J connectivity index is 1.90. The second-order valence-electron chi connectivity index (χ2n) is 4.62. The van der Waals surface area contributed by atoms with E-state index in [4.69, 9.17) is 11.6 Å². The van der Waals surface area contributed by atoms with Crippen LogP contribution in [0, 0.1) is 13.8 Å². The molecule has 2 heterocycles. The molecule has 7 heteroatoms. The summed E-state index contributed by atoms with van der Waals surface area (Å²) in [5.41, 5.74) is 2.52. The van der Waals surface area contributed by atoms with Crippen molar-refractivity contribution in [2.45, 2.75) is 40.4 Å². The molecule has 0 fully saturated rings. The number of carbonyl (C=O) groups is 1. The maximum Gasteiger partial charge on any atom is 0.242 e. The standard InChI is InChI=1S/C13H18ClN5O/c1-4-18-7-11(6-16-18)5-15-12(20)8-19-10(3)13(14)9(2)17-19/h6-7H,4-5,8H2,1-3H3,(H,15,20). The zero-order chi connectivity index (χ0) is 14.7. The SMILES string of the molecule is CCn1cc(CNC(=O)Cn2nc(C)c(Cl)c2C)cn1. The summed E-state index contributed by atoms with van der Waals surface area (Å²) >= 11 is 6.05. The average molecular weight is 296 g/mol. The predicted octanol–water partition coefficient (Wildman–Crippen LogP) is 1.69. The quantitative estimate of drug-likeness (QED) is 0.913. The van der Waals surface area contributed by atoms with Gasteiger partial charge in [0.1, 0.15) is 6.54 Å². The van der Waals surface area contributed by atoms with E-state index in [0.717, 1.165) is 23.5 Å². The summed E-state index contributed by atoms with van der Waals surface area (Å²) in [6, 6.07) is 0. The van der Waals surface area contributed by atoms with Gasteiger partial charge in [-0.2, -0.15) is 10.2 Å². The molecule has 108 valence electrons. The van der Waals surface area contributed by atoms with E-state index in [9.17, 15) is 4.79 Å². The lowest BCUT2D eigenvalue weighted by Crippen LogP contribution is -2.27. The highest BCUT2D eigenvalue weighted by atomic mass is 35.5. The third kappa shape index (κ3) is 3.19. The fourth-order valence-corrected chi connectivity index (χ4v) is 2.03. The first-order valence-electron chi connectivity index (χ1n) is 6.48. The largest absolute Gasteiger partial charge is 0.350 e. The van der Waals surface area contributed by atoms with Crippen LogP contribution in [0.2, 0.25) is 5.02 Å². The Kier molecular flexibility index (Phi) is 4.44. The fraction of sp³-hybridized carbons (Fsp3) is 0.462. The highest BCUT2D eigenvalue weighted by Crippen LogP contribution is 2.18. The van der Waals surface area contributed by atoms with E-state index in [0.29, 0.717) is 11.6 Å². The van der Waals surface area contributed by atoms with Crippen molar-refractivity contribution in [1.29, 1.82) is 0 Å². The maximum absolute atomic E-state index is 11.9. The van der Waals surface area contributed by atoms with Gasteiger partial charge >= 0.3 is 0 Å². The first-order valence-corrected chi connectivity index (χ1v) is 6.86. The van der Waals surface area contributed by atoms with Gasteiger partial charge < -0.3 is 5.32 Å². The summed E-state index contributed by atoms with van der Waals surface area (Å²) in [6.07, 6.45) is 3.67. The van der Waals surface area contributed by atoms with Gasteiger partial charge in [0.25, 0.3) is 0 Å². The van der Waals surface area contributed by atoms with Gasteiger partial charge in [0.05, 0.1) is 22.6 Å². The molecule has 0 saturated carbocycles. The van der Waals surface area contributed by atoms with Crippen molar-refractivity contribution in [3.63, 3.8) is 0 Å². The van der Waals surface area contributed by atoms with Crippen LogP contribution in [0.4, 0.5) is 0 Å². The third-order valence-electron chi connectivity index (χ3n) is 3.09. The fourth-order valence-electron chi connectivity index (χ4n) is 1.89. The van der Waals surface area contributed by atoms with Gasteiger partial charge in [-0.3, -0.25) is 14.2 Å². The van der Waals surface area contributed by atoms with Gasteiger partial charge in [-0.1, -0.05) is 11.6 Å². The number of nitrogens with one attached hydrogen (secondary N) is 1. The van der Waals surface area contributed by atoms with E-state index in [1.807, 2.05) is 31.6 Å². The monoisotopic (exact) mass is 295 g/mol. The van der Waals surface area contributed by atoms with Gasteiger partial charge in [0.15, 0.2) is 0 Å². The highest BCUT2D eigenvalue weighted by molar-refractivity contribution is 6.31. The van der Waals surface area contributed by atoms with Crippen LogP contribution in [0.5, 0.6) is 0 Å². The number of aromatic nitrogens is 4. The van der Waals surface area contributed by atoms with Crippen molar-refractivity contribution in [3.8, 4) is 0 Å². The summed E-state index contributed by atoms with van der Waals surface area (Å²) < 4.78 is 3.44. The molecule has 0 atom stereocenters. The van der Waals surface area contributed by atoms with Crippen LogP contribution < -0.4 is 5.32 Å². The first kappa shape index (κ1) is 14.6. The number of amides is 1. The molecule has 0 aliphatic rings. The van der Waals surface area contributed by atoms with Gasteiger partial charge in [0, 0.05) is 24.8 Å². The molecule has 0 unspecified atom stereocenters. The molecular weight excluding hydrogens is 278 g/mol. The molecule has 0 bridgehead atoms. The highest BCUT2D eigenvalue weighted by Gasteiger charge is 2.12. The van der Waals surface area contributed by atoms with Crippen LogP contribution >= 0.6 is 11.6 Å². The van der Waals surface area contributed by atoms with Crippen LogP contribution in [0.3, 0.4) is 0 Å². The second-order valence-corrected chi connectivity index (χ2v) is 5.00. The summed E-state index contributed by atoms with van der Waals surface area (Å²) in [7, 11) is 0. The number of rotatable bonds is 5. The van der Waals surface area contributed by atoms with E-state index < -0.39 is 0 Å². The van der Waals surface area contributed by atoms with E-state index >= 15 is 0 Å². The molecule has 6 nitrogen and oxygen atoms in total. The molecular formula is C13H18ClN5O. The van der Waals surface area contributed by atoms with Gasteiger partial charge in [-0.05, 0) is 20.8 Å². The third-order valence-corrected chi connectivity index (χ3v) is 3.63. The van der Waals surface area contributed by atoms with Crippen molar-refractivity contribution in [1.82, 2.24) is 24.9 Å². The molecule has 2 aromatic heterocycles. The first-order chi connectivity index (χ1) is 9.51. The Bertz CT molecular complexity index is 616. The van der Waals surface area contributed by atoms with Crippen molar-refractivity contribution in [2.24, 2.45) is 0 Å². The van der Waals surface area contributed by atoms with E-state index in [2.05, 4.69) is 15.5 Å². The van der Waals surface area contributed by atoms with Crippen LogP contribution in [0.25, 0.3) is 0 Å². The smallest absolute Gasteiger partial charge is 0.242 e. The molecule has 0 aromatic carbocycles. The minimum absolute atomic E-state index is 0.100. The molecule has 2 aromatic rings. The normalized spacial score (nSPS) is 10.8. The lowest BCUT2D eigenvalue weighted by atomic mass is 10.3. The minimum Gasteiger partial charge on any atom is -0.350 e. The maximum atomic E-state index is 11.9. The summed E-state index contributed by atoms with van der Waals surface area (Å²) in [5.74, 6) is -0.100. The zero-order valence-corrected chi connectivity index (χ0v) is 12.6. The van der Waals surface area contributed by atoms with Crippen LogP contribution in [0.15, 0.2) is 12.4 Å². The number of hydrogen-bond donors (Lipinski definition) is 1. The number of aryl methyl sites for hydroxylation is 2. The van der Waals surface area contributed by atoms with E-state index in [1.54, 1.807) is 10.9 Å². The van der Waals surface area contributed by atoms with Crippen molar-refractivity contribution in [2.75, 3.05) is 0 Å². The number of carbonyl (C=O) groups excluding carboxylic acids is 1. The Morgan fingerprint density at radius 3 is 2.75 bits per heavy atom. The molecule has 1 N–H and O–H groups in total.